The van der Waals surface area contributed by atoms with E-state index < -0.39 is 46.2 Å². The molecule has 0 aliphatic heterocycles. The summed E-state index contributed by atoms with van der Waals surface area (Å²) < 4.78 is 2.21. The molecule has 16 heteroatoms. The molecule has 0 spiro atoms. The zero-order valence-electron chi connectivity index (χ0n) is 27.2. The van der Waals surface area contributed by atoms with Crippen LogP contribution < -0.4 is 21.8 Å². The minimum absolute atomic E-state index is 0.0291. The fourth-order valence-corrected chi connectivity index (χ4v) is 4.91. The molecule has 4 amide bonds. The molecule has 0 saturated carbocycles. The van der Waals surface area contributed by atoms with Gasteiger partial charge < -0.3 is 40.2 Å². The van der Waals surface area contributed by atoms with Crippen LogP contribution in [0.1, 0.15) is 41.4 Å². The highest BCUT2D eigenvalue weighted by molar-refractivity contribution is 6.12. The topological polar surface area (TPSA) is 224 Å². The van der Waals surface area contributed by atoms with E-state index in [1.165, 1.54) is 87.2 Å². The lowest BCUT2D eigenvalue weighted by atomic mass is 10.1. The van der Waals surface area contributed by atoms with E-state index in [-0.39, 0.29) is 73.0 Å². The van der Waals surface area contributed by atoms with E-state index in [4.69, 9.17) is 0 Å². The number of amides is 4. The fourth-order valence-electron chi connectivity index (χ4n) is 4.91. The van der Waals surface area contributed by atoms with Crippen molar-refractivity contribution in [2.45, 2.75) is 0 Å². The molecule has 0 bridgehead atoms. The van der Waals surface area contributed by atoms with Gasteiger partial charge in [0.2, 0.25) is 0 Å². The smallest absolute Gasteiger partial charge is 0.293 e. The number of rotatable bonds is 13. The molecular weight excluding hydrogens is 652 g/mol. The van der Waals surface area contributed by atoms with Gasteiger partial charge >= 0.3 is 0 Å². The van der Waals surface area contributed by atoms with Gasteiger partial charge in [0.15, 0.2) is 11.5 Å². The van der Waals surface area contributed by atoms with Crippen LogP contribution in [0.4, 0.5) is 0 Å². The van der Waals surface area contributed by atoms with Crippen molar-refractivity contribution in [3.8, 4) is 23.0 Å². The van der Waals surface area contributed by atoms with Gasteiger partial charge in [-0.25, -0.2) is 0 Å². The van der Waals surface area contributed by atoms with E-state index in [9.17, 15) is 49.2 Å². The van der Waals surface area contributed by atoms with Crippen LogP contribution in [0.25, 0.3) is 0 Å². The molecule has 0 aliphatic rings. The number of carbonyl (C=O) groups excluding carboxylic acids is 4. The minimum Gasteiger partial charge on any atom is -0.507 e. The number of pyridine rings is 2. The molecule has 262 valence electrons. The molecule has 50 heavy (non-hydrogen) atoms. The van der Waals surface area contributed by atoms with Crippen LogP contribution in [0.3, 0.4) is 0 Å². The Bertz CT molecular complexity index is 1900. The Morgan fingerprint density at radius 1 is 0.580 bits per heavy atom. The van der Waals surface area contributed by atoms with Crippen molar-refractivity contribution in [1.29, 1.82) is 0 Å². The standard InChI is InChI=1S/C34H36N6O10/c1-37-15-11-23(27(43)33(37)49)29(45)35-13-17-39(18-14-36-30(46)24-12-16-38(2)34(50)28(24)44)19-20-40(31(47)21-7-3-5-9-25(21)41)32(48)22-8-4-6-10-26(22)42/h3-12,15-16,41-44H,13-14,17-20H2,1-2H3,(H,35,45)(H,36,46). The van der Waals surface area contributed by atoms with E-state index in [2.05, 4.69) is 10.6 Å². The fraction of sp³-hybridized carbons (Fsp3) is 0.235. The third-order valence-corrected chi connectivity index (χ3v) is 7.80. The summed E-state index contributed by atoms with van der Waals surface area (Å²) in [6.07, 6.45) is 2.65. The maximum atomic E-state index is 13.6. The Hall–Kier alpha value is -6.42. The first kappa shape index (κ1) is 36.4. The number of nitrogens with zero attached hydrogens (tertiary/aromatic N) is 4. The number of hydrogen-bond donors (Lipinski definition) is 6. The quantitative estimate of drug-likeness (QED) is 0.105. The van der Waals surface area contributed by atoms with Gasteiger partial charge in [-0.3, -0.25) is 38.6 Å². The largest absolute Gasteiger partial charge is 0.507 e. The maximum absolute atomic E-state index is 13.6. The number of hydrogen-bond acceptors (Lipinski definition) is 11. The molecule has 0 fully saturated rings. The summed E-state index contributed by atoms with van der Waals surface area (Å²) in [6.45, 7) is -0.233. The number of para-hydroxylation sites is 2. The van der Waals surface area contributed by atoms with Crippen LogP contribution in [0, 0.1) is 0 Å². The molecule has 2 aromatic heterocycles. The van der Waals surface area contributed by atoms with Gasteiger partial charge in [0.1, 0.15) is 11.5 Å². The highest BCUT2D eigenvalue weighted by atomic mass is 16.3. The van der Waals surface area contributed by atoms with Crippen molar-refractivity contribution in [3.63, 3.8) is 0 Å². The van der Waals surface area contributed by atoms with E-state index >= 15 is 0 Å². The number of benzene rings is 2. The van der Waals surface area contributed by atoms with Gasteiger partial charge in [-0.1, -0.05) is 24.3 Å². The zero-order chi connectivity index (χ0) is 36.5. The summed E-state index contributed by atoms with van der Waals surface area (Å²) >= 11 is 0. The normalized spacial score (nSPS) is 10.9. The number of aromatic hydroxyl groups is 4. The van der Waals surface area contributed by atoms with Crippen molar-refractivity contribution in [3.05, 3.63) is 116 Å². The Morgan fingerprint density at radius 2 is 0.980 bits per heavy atom. The molecule has 2 aromatic carbocycles. The number of carbonyl (C=O) groups is 4. The minimum atomic E-state index is -0.847. The van der Waals surface area contributed by atoms with Crippen LogP contribution in [0.5, 0.6) is 23.0 Å². The van der Waals surface area contributed by atoms with Gasteiger partial charge in [0, 0.05) is 65.8 Å². The van der Waals surface area contributed by atoms with E-state index in [1.807, 2.05) is 0 Å². The number of imide groups is 1. The molecule has 2 heterocycles. The summed E-state index contributed by atoms with van der Waals surface area (Å²) in [7, 11) is 2.83. The van der Waals surface area contributed by atoms with Crippen LogP contribution in [-0.2, 0) is 14.1 Å². The Kier molecular flexibility index (Phi) is 11.7. The van der Waals surface area contributed by atoms with Crippen molar-refractivity contribution in [2.75, 3.05) is 39.3 Å². The molecule has 4 aromatic rings. The second-order valence-corrected chi connectivity index (χ2v) is 11.1. The molecule has 0 aliphatic carbocycles. The van der Waals surface area contributed by atoms with E-state index in [0.717, 1.165) is 14.0 Å². The van der Waals surface area contributed by atoms with Gasteiger partial charge in [-0.05, 0) is 36.4 Å². The predicted octanol–water partition coefficient (Wildman–Crippen LogP) is 0.351. The second-order valence-electron chi connectivity index (χ2n) is 11.1. The number of phenols is 2. The van der Waals surface area contributed by atoms with Crippen molar-refractivity contribution >= 4 is 23.6 Å². The van der Waals surface area contributed by atoms with Crippen LogP contribution in [-0.4, -0.2) is 102 Å². The predicted molar refractivity (Wildman–Crippen MR) is 179 cm³/mol. The Labute approximate surface area is 285 Å². The second kappa shape index (κ2) is 16.1. The summed E-state index contributed by atoms with van der Waals surface area (Å²) in [5, 5.41) is 46.3. The lowest BCUT2D eigenvalue weighted by molar-refractivity contribution is 0.0596. The van der Waals surface area contributed by atoms with Gasteiger partial charge in [0.05, 0.1) is 22.3 Å². The molecular formula is C34H36N6O10. The Balaban J connectivity index is 1.54. The molecule has 6 N–H and O–H groups in total. The molecule has 16 nitrogen and oxygen atoms in total. The average molecular weight is 689 g/mol. The number of phenolic OH excluding ortho intramolecular Hbond substituents is 2. The number of aromatic nitrogens is 2. The monoisotopic (exact) mass is 688 g/mol. The SMILES string of the molecule is Cn1ccc(C(=O)NCCN(CCNC(=O)c2ccn(C)c(=O)c2O)CCN(C(=O)c2ccccc2O)C(=O)c2ccccc2O)c(O)c1=O. The van der Waals surface area contributed by atoms with Crippen molar-refractivity contribution in [2.24, 2.45) is 14.1 Å². The van der Waals surface area contributed by atoms with Crippen LogP contribution in [0.15, 0.2) is 82.6 Å². The van der Waals surface area contributed by atoms with E-state index in [0.29, 0.717) is 0 Å². The molecule has 0 radical (unpaired) electrons. The lowest BCUT2D eigenvalue weighted by Gasteiger charge is -2.27. The van der Waals surface area contributed by atoms with Gasteiger partial charge in [-0.2, -0.15) is 0 Å². The maximum Gasteiger partial charge on any atom is 0.293 e. The molecule has 0 saturated heterocycles. The Morgan fingerprint density at radius 3 is 1.38 bits per heavy atom. The summed E-state index contributed by atoms with van der Waals surface area (Å²) in [4.78, 5) is 79.5. The van der Waals surface area contributed by atoms with Gasteiger partial charge in [0.25, 0.3) is 34.7 Å². The van der Waals surface area contributed by atoms with Gasteiger partial charge in [-0.15, -0.1) is 0 Å². The first-order valence-electron chi connectivity index (χ1n) is 15.3. The lowest BCUT2D eigenvalue weighted by Crippen LogP contribution is -2.46. The highest BCUT2D eigenvalue weighted by Gasteiger charge is 2.28. The van der Waals surface area contributed by atoms with E-state index in [1.54, 1.807) is 4.90 Å². The van der Waals surface area contributed by atoms with Crippen molar-refractivity contribution < 1.29 is 39.6 Å². The number of aryl methyl sites for hydroxylation is 2. The first-order chi connectivity index (χ1) is 23.8. The van der Waals surface area contributed by atoms with Crippen LogP contribution >= 0.6 is 0 Å². The first-order valence-corrected chi connectivity index (χ1v) is 15.3. The highest BCUT2D eigenvalue weighted by Crippen LogP contribution is 2.22. The average Bonchev–Trinajstić information content (AvgIpc) is 3.09. The number of nitrogens with one attached hydrogen (secondary N) is 2. The van der Waals surface area contributed by atoms with Crippen molar-refractivity contribution in [1.82, 2.24) is 29.6 Å². The third kappa shape index (κ3) is 8.35. The van der Waals surface area contributed by atoms with Crippen LogP contribution in [0.2, 0.25) is 0 Å². The third-order valence-electron chi connectivity index (χ3n) is 7.80. The summed E-state index contributed by atoms with van der Waals surface area (Å²) in [5.74, 6) is -5.36. The zero-order valence-corrected chi connectivity index (χ0v) is 27.2. The summed E-state index contributed by atoms with van der Waals surface area (Å²) in [5.41, 5.74) is -2.34. The summed E-state index contributed by atoms with van der Waals surface area (Å²) in [6, 6.07) is 13.8. The molecule has 0 unspecified atom stereocenters. The molecule has 0 atom stereocenters. The molecule has 4 rings (SSSR count).